The van der Waals surface area contributed by atoms with Crippen molar-refractivity contribution in [3.8, 4) is 5.75 Å². The number of aliphatic carboxylic acids is 2. The molecule has 0 aliphatic carbocycles. The van der Waals surface area contributed by atoms with Crippen LogP contribution in [0.15, 0.2) is 59.5 Å². The Hall–Kier alpha value is -3.01. The lowest BCUT2D eigenvalue weighted by Gasteiger charge is -2.31. The zero-order chi connectivity index (χ0) is 25.3. The molecule has 10 heteroatoms. The van der Waals surface area contributed by atoms with Gasteiger partial charge in [-0.3, -0.25) is 4.79 Å². The van der Waals surface area contributed by atoms with Gasteiger partial charge in [-0.2, -0.15) is 0 Å². The summed E-state index contributed by atoms with van der Waals surface area (Å²) < 4.78 is 5.77. The molecular weight excluding hydrogens is 480 g/mol. The lowest BCUT2D eigenvalue weighted by atomic mass is 10.1. The molecule has 0 radical (unpaired) electrons. The highest BCUT2D eigenvalue weighted by Crippen LogP contribution is 2.46. The number of anilines is 1. The van der Waals surface area contributed by atoms with E-state index in [1.807, 2.05) is 49.5 Å². The summed E-state index contributed by atoms with van der Waals surface area (Å²) in [5.41, 5.74) is 1.87. The Morgan fingerprint density at radius 3 is 2.29 bits per heavy atom. The van der Waals surface area contributed by atoms with E-state index in [-0.39, 0.29) is 11.2 Å². The standard InChI is InChI=1S/C20H23ClN2O2S.C4H4O4/c1-22(2)11-4-12-25-16-8-5-14(6-9-16)19-20(24)23(3)17-10-7-15(21)13-18(17)26-19;5-3(6)1-2-4(7)8/h5-10,13,19H,4,11-12H2,1-3H3;1-2H,(H,5,6)(H,7,8)/b;2-1+. The van der Waals surface area contributed by atoms with E-state index in [1.54, 1.807) is 16.7 Å². The maximum Gasteiger partial charge on any atom is 0.328 e. The first kappa shape index (κ1) is 27.2. The molecule has 0 fully saturated rings. The van der Waals surface area contributed by atoms with Crippen LogP contribution in [0.25, 0.3) is 0 Å². The molecule has 0 saturated carbocycles. The van der Waals surface area contributed by atoms with Gasteiger partial charge < -0.3 is 24.7 Å². The quantitative estimate of drug-likeness (QED) is 0.405. The monoisotopic (exact) mass is 506 g/mol. The van der Waals surface area contributed by atoms with Crippen molar-refractivity contribution < 1.29 is 29.3 Å². The van der Waals surface area contributed by atoms with Crippen molar-refractivity contribution in [3.05, 3.63) is 65.2 Å². The molecule has 1 atom stereocenters. The first-order chi connectivity index (χ1) is 16.1. The van der Waals surface area contributed by atoms with E-state index in [4.69, 9.17) is 26.6 Å². The minimum atomic E-state index is -1.26. The first-order valence-corrected chi connectivity index (χ1v) is 11.6. The Balaban J connectivity index is 0.000000440. The lowest BCUT2D eigenvalue weighted by molar-refractivity contribution is -0.134. The smallest absolute Gasteiger partial charge is 0.328 e. The van der Waals surface area contributed by atoms with Gasteiger partial charge in [-0.15, -0.1) is 11.8 Å². The molecule has 182 valence electrons. The van der Waals surface area contributed by atoms with E-state index in [2.05, 4.69) is 19.0 Å². The van der Waals surface area contributed by atoms with Crippen LogP contribution in [0.2, 0.25) is 5.02 Å². The molecule has 1 aliphatic heterocycles. The van der Waals surface area contributed by atoms with Crippen LogP contribution >= 0.6 is 23.4 Å². The number of benzene rings is 2. The van der Waals surface area contributed by atoms with Crippen LogP contribution in [0, 0.1) is 0 Å². The molecule has 2 N–H and O–H groups in total. The molecule has 3 rings (SSSR count). The number of rotatable bonds is 8. The van der Waals surface area contributed by atoms with E-state index in [0.29, 0.717) is 23.8 Å². The van der Waals surface area contributed by atoms with Gasteiger partial charge in [0.2, 0.25) is 5.91 Å². The Bertz CT molecular complexity index is 1030. The molecule has 34 heavy (non-hydrogen) atoms. The van der Waals surface area contributed by atoms with Crippen molar-refractivity contribution in [1.82, 2.24) is 4.90 Å². The van der Waals surface area contributed by atoms with Gasteiger partial charge in [0.05, 0.1) is 12.3 Å². The van der Waals surface area contributed by atoms with E-state index in [9.17, 15) is 14.4 Å². The van der Waals surface area contributed by atoms with Gasteiger partial charge in [0, 0.05) is 35.7 Å². The molecule has 0 saturated heterocycles. The number of hydrogen-bond acceptors (Lipinski definition) is 6. The number of thioether (sulfide) groups is 1. The van der Waals surface area contributed by atoms with Gasteiger partial charge in [-0.05, 0) is 56.4 Å². The van der Waals surface area contributed by atoms with Crippen molar-refractivity contribution >= 4 is 46.9 Å². The zero-order valence-corrected chi connectivity index (χ0v) is 20.7. The summed E-state index contributed by atoms with van der Waals surface area (Å²) in [4.78, 5) is 36.7. The van der Waals surface area contributed by atoms with Crippen LogP contribution in [0.3, 0.4) is 0 Å². The third-order valence-electron chi connectivity index (χ3n) is 4.65. The average Bonchev–Trinajstić information content (AvgIpc) is 2.78. The average molecular weight is 507 g/mol. The summed E-state index contributed by atoms with van der Waals surface area (Å²) in [5, 5.41) is 16.0. The van der Waals surface area contributed by atoms with Gasteiger partial charge in [0.1, 0.15) is 11.0 Å². The van der Waals surface area contributed by atoms with Crippen LogP contribution in [-0.4, -0.2) is 67.3 Å². The summed E-state index contributed by atoms with van der Waals surface area (Å²) in [7, 11) is 5.91. The number of fused-ring (bicyclic) bond motifs is 1. The highest BCUT2D eigenvalue weighted by molar-refractivity contribution is 8.00. The van der Waals surface area contributed by atoms with Crippen molar-refractivity contribution in [2.45, 2.75) is 16.6 Å². The Labute approximate surface area is 207 Å². The van der Waals surface area contributed by atoms with Crippen LogP contribution in [0.4, 0.5) is 5.69 Å². The SMILES string of the molecule is CN(C)CCCOc1ccc(C2Sc3cc(Cl)ccc3N(C)C2=O)cc1.O=C(O)/C=C/C(=O)O. The fourth-order valence-corrected chi connectivity index (χ4v) is 4.56. The molecule has 1 unspecified atom stereocenters. The molecule has 1 amide bonds. The van der Waals surface area contributed by atoms with Gasteiger partial charge >= 0.3 is 11.9 Å². The third kappa shape index (κ3) is 8.40. The van der Waals surface area contributed by atoms with Crippen molar-refractivity contribution in [2.75, 3.05) is 39.2 Å². The van der Waals surface area contributed by atoms with E-state index in [1.165, 1.54) is 0 Å². The summed E-state index contributed by atoms with van der Waals surface area (Å²) in [6.45, 7) is 1.68. The number of amides is 1. The maximum absolute atomic E-state index is 12.8. The Morgan fingerprint density at radius 1 is 1.12 bits per heavy atom. The highest BCUT2D eigenvalue weighted by atomic mass is 35.5. The summed E-state index contributed by atoms with van der Waals surface area (Å²) in [6.07, 6.45) is 2.10. The minimum Gasteiger partial charge on any atom is -0.494 e. The predicted molar refractivity (Wildman–Crippen MR) is 133 cm³/mol. The molecular formula is C24H27ClN2O6S. The number of ether oxygens (including phenoxy) is 1. The minimum absolute atomic E-state index is 0.0736. The van der Waals surface area contributed by atoms with Crippen LogP contribution in [0.5, 0.6) is 5.75 Å². The fraction of sp³-hybridized carbons (Fsp3) is 0.292. The number of likely N-dealkylation sites (N-methyl/N-ethyl adjacent to an activating group) is 1. The second-order valence-corrected chi connectivity index (χ2v) is 9.17. The van der Waals surface area contributed by atoms with Crippen molar-refractivity contribution in [3.63, 3.8) is 0 Å². The van der Waals surface area contributed by atoms with Crippen LogP contribution < -0.4 is 9.64 Å². The first-order valence-electron chi connectivity index (χ1n) is 10.3. The number of carbonyl (C=O) groups excluding carboxylic acids is 1. The molecule has 0 spiro atoms. The van der Waals surface area contributed by atoms with Crippen molar-refractivity contribution in [2.24, 2.45) is 0 Å². The van der Waals surface area contributed by atoms with Gasteiger partial charge in [-0.25, -0.2) is 9.59 Å². The number of nitrogens with zero attached hydrogens (tertiary/aromatic N) is 2. The van der Waals surface area contributed by atoms with Gasteiger partial charge in [0.25, 0.3) is 0 Å². The Kier molecular flexibility index (Phi) is 10.4. The number of hydrogen-bond donors (Lipinski definition) is 2. The normalized spacial score (nSPS) is 15.0. The largest absolute Gasteiger partial charge is 0.494 e. The topological polar surface area (TPSA) is 107 Å². The lowest BCUT2D eigenvalue weighted by Crippen LogP contribution is -2.33. The molecule has 8 nitrogen and oxygen atoms in total. The predicted octanol–water partition coefficient (Wildman–Crippen LogP) is 4.19. The summed E-state index contributed by atoms with van der Waals surface area (Å²) in [6, 6.07) is 13.4. The van der Waals surface area contributed by atoms with Gasteiger partial charge in [0.15, 0.2) is 0 Å². The second-order valence-electron chi connectivity index (χ2n) is 7.59. The fourth-order valence-electron chi connectivity index (χ4n) is 2.99. The molecule has 1 aliphatic rings. The van der Waals surface area contributed by atoms with Crippen molar-refractivity contribution in [1.29, 1.82) is 0 Å². The van der Waals surface area contributed by atoms with Gasteiger partial charge in [-0.1, -0.05) is 23.7 Å². The number of carbonyl (C=O) groups is 3. The Morgan fingerprint density at radius 2 is 1.74 bits per heavy atom. The van der Waals surface area contributed by atoms with Crippen LogP contribution in [-0.2, 0) is 14.4 Å². The molecule has 2 aromatic carbocycles. The maximum atomic E-state index is 12.8. The third-order valence-corrected chi connectivity index (χ3v) is 6.18. The van der Waals surface area contributed by atoms with E-state index < -0.39 is 11.9 Å². The van der Waals surface area contributed by atoms with E-state index >= 15 is 0 Å². The number of halogens is 1. The number of carboxylic acids is 2. The molecule has 0 aromatic heterocycles. The highest BCUT2D eigenvalue weighted by Gasteiger charge is 2.32. The number of carboxylic acid groups (broad SMARTS) is 2. The summed E-state index contributed by atoms with van der Waals surface area (Å²) in [5.74, 6) is -1.61. The van der Waals surface area contributed by atoms with E-state index in [0.717, 1.165) is 34.9 Å². The molecule has 0 bridgehead atoms. The second kappa shape index (κ2) is 13.0. The summed E-state index contributed by atoms with van der Waals surface area (Å²) >= 11 is 7.66. The molecule has 2 aromatic rings. The zero-order valence-electron chi connectivity index (χ0n) is 19.1. The molecule has 1 heterocycles. The van der Waals surface area contributed by atoms with Crippen LogP contribution in [0.1, 0.15) is 17.2 Å².